The van der Waals surface area contributed by atoms with Gasteiger partial charge >= 0.3 is 0 Å². The molecule has 3 heterocycles. The minimum Gasteiger partial charge on any atom is -0.482 e. The fourth-order valence-electron chi connectivity index (χ4n) is 3.04. The standard InChI is InChI=1S/C21H22N4O2/c1-12-6-5-7-14(22-12)19-18(24-20(25-19)21(2,3)4)13-8-9-16-15(10-13)23-17(26)11-27-16/h5-10H,11H2,1-4H3,(H,23,26)(H,24,25). The molecule has 6 nitrogen and oxygen atoms in total. The summed E-state index contributed by atoms with van der Waals surface area (Å²) >= 11 is 0. The molecule has 2 aromatic heterocycles. The molecule has 27 heavy (non-hydrogen) atoms. The summed E-state index contributed by atoms with van der Waals surface area (Å²) in [4.78, 5) is 24.7. The van der Waals surface area contributed by atoms with Crippen LogP contribution in [0.3, 0.4) is 0 Å². The fourth-order valence-corrected chi connectivity index (χ4v) is 3.04. The van der Waals surface area contributed by atoms with Crippen LogP contribution in [0.1, 0.15) is 32.3 Å². The van der Waals surface area contributed by atoms with E-state index in [0.717, 1.165) is 34.2 Å². The number of rotatable bonds is 2. The lowest BCUT2D eigenvalue weighted by Crippen LogP contribution is -2.25. The predicted octanol–water partition coefficient (Wildman–Crippen LogP) is 4.08. The SMILES string of the molecule is Cc1cccc(-c2[nH]c(C(C)(C)C)nc2-c2ccc3c(c2)NC(=O)CO3)n1. The van der Waals surface area contributed by atoms with Crippen LogP contribution in [0.5, 0.6) is 5.75 Å². The molecule has 0 unspecified atom stereocenters. The number of hydrogen-bond donors (Lipinski definition) is 2. The highest BCUT2D eigenvalue weighted by atomic mass is 16.5. The molecule has 0 atom stereocenters. The lowest BCUT2D eigenvalue weighted by molar-refractivity contribution is -0.118. The molecule has 0 aliphatic carbocycles. The number of aryl methyl sites for hydroxylation is 1. The van der Waals surface area contributed by atoms with E-state index in [2.05, 4.69) is 36.1 Å². The van der Waals surface area contributed by atoms with Gasteiger partial charge in [-0.3, -0.25) is 9.78 Å². The Balaban J connectivity index is 1.88. The van der Waals surface area contributed by atoms with E-state index >= 15 is 0 Å². The van der Waals surface area contributed by atoms with Crippen LogP contribution in [-0.2, 0) is 10.2 Å². The van der Waals surface area contributed by atoms with E-state index < -0.39 is 0 Å². The second-order valence-electron chi connectivity index (χ2n) is 7.77. The number of amides is 1. The molecule has 0 bridgehead atoms. The number of carbonyl (C=O) groups excluding carboxylic acids is 1. The number of carbonyl (C=O) groups is 1. The lowest BCUT2D eigenvalue weighted by Gasteiger charge is -2.18. The van der Waals surface area contributed by atoms with Gasteiger partial charge in [0.05, 0.1) is 22.8 Å². The van der Waals surface area contributed by atoms with Gasteiger partial charge in [0.2, 0.25) is 0 Å². The molecule has 0 saturated carbocycles. The van der Waals surface area contributed by atoms with Gasteiger partial charge in [-0.25, -0.2) is 4.98 Å². The number of pyridine rings is 1. The van der Waals surface area contributed by atoms with Crippen molar-refractivity contribution in [2.45, 2.75) is 33.1 Å². The van der Waals surface area contributed by atoms with Crippen molar-refractivity contribution in [3.05, 3.63) is 47.9 Å². The first kappa shape index (κ1) is 17.3. The molecule has 0 spiro atoms. The van der Waals surface area contributed by atoms with Crippen LogP contribution in [0.15, 0.2) is 36.4 Å². The number of aromatic amines is 1. The smallest absolute Gasteiger partial charge is 0.262 e. The summed E-state index contributed by atoms with van der Waals surface area (Å²) in [5.74, 6) is 1.40. The van der Waals surface area contributed by atoms with E-state index in [-0.39, 0.29) is 17.9 Å². The first-order chi connectivity index (χ1) is 12.8. The van der Waals surface area contributed by atoms with Crippen LogP contribution in [-0.4, -0.2) is 27.5 Å². The van der Waals surface area contributed by atoms with Crippen molar-refractivity contribution >= 4 is 11.6 Å². The van der Waals surface area contributed by atoms with Gasteiger partial charge in [0.25, 0.3) is 5.91 Å². The summed E-state index contributed by atoms with van der Waals surface area (Å²) in [7, 11) is 0. The molecule has 1 aromatic carbocycles. The number of nitrogens with one attached hydrogen (secondary N) is 2. The number of fused-ring (bicyclic) bond motifs is 1. The highest BCUT2D eigenvalue weighted by Crippen LogP contribution is 2.37. The Morgan fingerprint density at radius 1 is 1.11 bits per heavy atom. The number of imidazole rings is 1. The van der Waals surface area contributed by atoms with E-state index in [1.807, 2.05) is 43.3 Å². The van der Waals surface area contributed by atoms with Crippen molar-refractivity contribution in [2.75, 3.05) is 11.9 Å². The van der Waals surface area contributed by atoms with Crippen LogP contribution < -0.4 is 10.1 Å². The highest BCUT2D eigenvalue weighted by Gasteiger charge is 2.24. The number of ether oxygens (including phenoxy) is 1. The summed E-state index contributed by atoms with van der Waals surface area (Å²) < 4.78 is 5.46. The molecule has 6 heteroatoms. The third-order valence-electron chi connectivity index (χ3n) is 4.44. The van der Waals surface area contributed by atoms with Gasteiger partial charge in [0.15, 0.2) is 6.61 Å². The van der Waals surface area contributed by atoms with Crippen molar-refractivity contribution in [1.82, 2.24) is 15.0 Å². The molecule has 2 N–H and O–H groups in total. The van der Waals surface area contributed by atoms with Crippen LogP contribution in [0, 0.1) is 6.92 Å². The maximum atomic E-state index is 11.7. The van der Waals surface area contributed by atoms with Gasteiger partial charge in [0.1, 0.15) is 11.6 Å². The zero-order valence-electron chi connectivity index (χ0n) is 15.9. The average Bonchev–Trinajstić information content (AvgIpc) is 3.07. The molecular weight excluding hydrogens is 340 g/mol. The van der Waals surface area contributed by atoms with Crippen molar-refractivity contribution in [3.8, 4) is 28.4 Å². The first-order valence-electron chi connectivity index (χ1n) is 8.93. The van der Waals surface area contributed by atoms with E-state index in [1.165, 1.54) is 0 Å². The van der Waals surface area contributed by atoms with Crippen LogP contribution in [0.4, 0.5) is 5.69 Å². The first-order valence-corrected chi connectivity index (χ1v) is 8.93. The Hall–Kier alpha value is -3.15. The van der Waals surface area contributed by atoms with Crippen molar-refractivity contribution < 1.29 is 9.53 Å². The number of nitrogens with zero attached hydrogens (tertiary/aromatic N) is 2. The number of H-pyrrole nitrogens is 1. The Morgan fingerprint density at radius 2 is 1.93 bits per heavy atom. The molecular formula is C21H22N4O2. The minimum absolute atomic E-state index is 0.0430. The molecule has 0 radical (unpaired) electrons. The quantitative estimate of drug-likeness (QED) is 0.720. The van der Waals surface area contributed by atoms with Gasteiger partial charge in [-0.1, -0.05) is 26.8 Å². The van der Waals surface area contributed by atoms with Crippen molar-refractivity contribution in [3.63, 3.8) is 0 Å². The number of hydrogen-bond acceptors (Lipinski definition) is 4. The molecule has 4 rings (SSSR count). The second kappa shape index (κ2) is 6.23. The Bertz CT molecular complexity index is 1030. The second-order valence-corrected chi connectivity index (χ2v) is 7.77. The van der Waals surface area contributed by atoms with Gasteiger partial charge < -0.3 is 15.0 Å². The van der Waals surface area contributed by atoms with E-state index in [1.54, 1.807) is 0 Å². The summed E-state index contributed by atoms with van der Waals surface area (Å²) in [6.07, 6.45) is 0. The third kappa shape index (κ3) is 3.30. The van der Waals surface area contributed by atoms with E-state index in [4.69, 9.17) is 9.72 Å². The van der Waals surface area contributed by atoms with Gasteiger partial charge in [-0.05, 0) is 37.3 Å². The minimum atomic E-state index is -0.155. The summed E-state index contributed by atoms with van der Waals surface area (Å²) in [6.45, 7) is 8.36. The molecule has 138 valence electrons. The Kier molecular flexibility index (Phi) is 3.98. The third-order valence-corrected chi connectivity index (χ3v) is 4.44. The maximum Gasteiger partial charge on any atom is 0.262 e. The largest absolute Gasteiger partial charge is 0.482 e. The average molecular weight is 362 g/mol. The number of benzene rings is 1. The zero-order chi connectivity index (χ0) is 19.2. The van der Waals surface area contributed by atoms with Crippen LogP contribution in [0.25, 0.3) is 22.6 Å². The van der Waals surface area contributed by atoms with Crippen molar-refractivity contribution in [2.24, 2.45) is 0 Å². The van der Waals surface area contributed by atoms with Gasteiger partial charge in [-0.2, -0.15) is 0 Å². The van der Waals surface area contributed by atoms with Crippen molar-refractivity contribution in [1.29, 1.82) is 0 Å². The maximum absolute atomic E-state index is 11.7. The summed E-state index contributed by atoms with van der Waals surface area (Å²) in [5.41, 5.74) is 4.87. The highest BCUT2D eigenvalue weighted by molar-refractivity contribution is 5.96. The van der Waals surface area contributed by atoms with E-state index in [0.29, 0.717) is 11.4 Å². The summed E-state index contributed by atoms with van der Waals surface area (Å²) in [6, 6.07) is 11.6. The molecule has 0 fully saturated rings. The normalized spacial score (nSPS) is 13.7. The Morgan fingerprint density at radius 3 is 2.67 bits per heavy atom. The monoisotopic (exact) mass is 362 g/mol. The van der Waals surface area contributed by atoms with E-state index in [9.17, 15) is 4.79 Å². The van der Waals surface area contributed by atoms with Gasteiger partial charge in [-0.15, -0.1) is 0 Å². The van der Waals surface area contributed by atoms with Gasteiger partial charge in [0, 0.05) is 16.7 Å². The molecule has 1 aliphatic heterocycles. The summed E-state index contributed by atoms with van der Waals surface area (Å²) in [5, 5.41) is 2.86. The Labute approximate surface area is 158 Å². The number of aromatic nitrogens is 3. The fraction of sp³-hybridized carbons (Fsp3) is 0.286. The molecule has 0 saturated heterocycles. The van der Waals surface area contributed by atoms with Crippen LogP contribution in [0.2, 0.25) is 0 Å². The lowest BCUT2D eigenvalue weighted by atomic mass is 9.96. The van der Waals surface area contributed by atoms with Crippen LogP contribution >= 0.6 is 0 Å². The predicted molar refractivity (Wildman–Crippen MR) is 105 cm³/mol. The molecule has 3 aromatic rings. The molecule has 1 aliphatic rings. The topological polar surface area (TPSA) is 79.9 Å². The number of anilines is 1. The zero-order valence-corrected chi connectivity index (χ0v) is 15.9. The molecule has 1 amide bonds.